The van der Waals surface area contributed by atoms with Gasteiger partial charge in [0.2, 0.25) is 0 Å². The largest absolute Gasteiger partial charge is 0.394 e. The number of nitrogens with zero attached hydrogens (tertiary/aromatic N) is 2. The van der Waals surface area contributed by atoms with Crippen LogP contribution in [0.2, 0.25) is 0 Å². The molecule has 1 aliphatic rings. The number of piperidine rings is 1. The van der Waals surface area contributed by atoms with E-state index in [-0.39, 0.29) is 18.4 Å². The monoisotopic (exact) mass is 464 g/mol. The number of carbonyl (C=O) groups is 1. The van der Waals surface area contributed by atoms with Gasteiger partial charge < -0.3 is 20.2 Å². The summed E-state index contributed by atoms with van der Waals surface area (Å²) in [4.78, 5) is 15.0. The number of allylic oxidation sites excluding steroid dienone is 1. The van der Waals surface area contributed by atoms with Gasteiger partial charge in [0.15, 0.2) is 5.78 Å². The molecule has 182 valence electrons. The highest BCUT2D eigenvalue weighted by Crippen LogP contribution is 2.32. The predicted molar refractivity (Wildman–Crippen MR) is 135 cm³/mol. The summed E-state index contributed by atoms with van der Waals surface area (Å²) in [7, 11) is 0. The first-order valence-electron chi connectivity index (χ1n) is 12.3. The molecule has 0 bridgehead atoms. The number of aliphatic hydroxyl groups excluding tert-OH is 3. The van der Waals surface area contributed by atoms with Crippen molar-refractivity contribution in [2.75, 3.05) is 18.1 Å². The van der Waals surface area contributed by atoms with Crippen LogP contribution in [0.1, 0.15) is 57.9 Å². The lowest BCUT2D eigenvalue weighted by atomic mass is 9.89. The van der Waals surface area contributed by atoms with Crippen LogP contribution in [0.25, 0.3) is 16.8 Å². The van der Waals surface area contributed by atoms with Crippen molar-refractivity contribution in [1.29, 1.82) is 5.26 Å². The Labute approximate surface area is 202 Å². The molecule has 0 spiro atoms. The molecule has 34 heavy (non-hydrogen) atoms. The van der Waals surface area contributed by atoms with E-state index in [4.69, 9.17) is 5.11 Å². The fourth-order valence-electron chi connectivity index (χ4n) is 4.79. The van der Waals surface area contributed by atoms with Gasteiger partial charge in [-0.05, 0) is 72.2 Å². The maximum atomic E-state index is 12.4. The zero-order chi connectivity index (χ0) is 24.7. The number of Topliss-reactive ketones (excluding diaryl/α,β-unsaturated/α-hetero) is 1. The summed E-state index contributed by atoms with van der Waals surface area (Å²) in [6.45, 7) is 5.09. The summed E-state index contributed by atoms with van der Waals surface area (Å²) < 4.78 is 0. The summed E-state index contributed by atoms with van der Waals surface area (Å²) in [6.07, 6.45) is 3.79. The summed E-state index contributed by atoms with van der Waals surface area (Å²) >= 11 is 0. The third kappa shape index (κ3) is 6.44. The van der Waals surface area contributed by atoms with Crippen molar-refractivity contribution in [3.05, 3.63) is 47.5 Å². The highest BCUT2D eigenvalue weighted by Gasteiger charge is 2.26. The van der Waals surface area contributed by atoms with Gasteiger partial charge >= 0.3 is 0 Å². The number of benzene rings is 2. The molecule has 1 fully saturated rings. The van der Waals surface area contributed by atoms with Crippen LogP contribution in [-0.4, -0.2) is 52.5 Å². The molecule has 2 aromatic carbocycles. The first kappa shape index (κ1) is 25.9. The van der Waals surface area contributed by atoms with Crippen LogP contribution < -0.4 is 4.90 Å². The van der Waals surface area contributed by atoms with E-state index in [0.29, 0.717) is 6.04 Å². The van der Waals surface area contributed by atoms with Gasteiger partial charge in [0.05, 0.1) is 18.3 Å². The first-order valence-corrected chi connectivity index (χ1v) is 12.3. The number of hydrogen-bond acceptors (Lipinski definition) is 6. The molecule has 1 saturated heterocycles. The number of fused-ring (bicyclic) bond motifs is 1. The second-order valence-corrected chi connectivity index (χ2v) is 9.51. The van der Waals surface area contributed by atoms with Gasteiger partial charge in [-0.2, -0.15) is 5.26 Å². The second-order valence-electron chi connectivity index (χ2n) is 9.51. The Balaban J connectivity index is 1.76. The molecule has 0 aliphatic carbocycles. The quantitative estimate of drug-likeness (QED) is 0.359. The molecule has 4 atom stereocenters. The van der Waals surface area contributed by atoms with Crippen molar-refractivity contribution in [3.8, 4) is 6.07 Å². The lowest BCUT2D eigenvalue weighted by Crippen LogP contribution is -2.42. The van der Waals surface area contributed by atoms with Gasteiger partial charge in [0, 0.05) is 24.7 Å². The van der Waals surface area contributed by atoms with Crippen LogP contribution >= 0.6 is 0 Å². The number of ketones is 1. The molecule has 0 radical (unpaired) electrons. The predicted octanol–water partition coefficient (Wildman–Crippen LogP) is 4.22. The van der Waals surface area contributed by atoms with Crippen molar-refractivity contribution in [2.24, 2.45) is 5.92 Å². The fourth-order valence-corrected chi connectivity index (χ4v) is 4.79. The lowest BCUT2D eigenvalue weighted by Gasteiger charge is -2.40. The SMILES string of the molecule is CCCC1CC(C)CCN1c1ccc2cc(/C=C(\C#N)C(=O)CCC(O)C(O)CO)ccc2c1. The van der Waals surface area contributed by atoms with Crippen molar-refractivity contribution >= 4 is 28.3 Å². The highest BCUT2D eigenvalue weighted by molar-refractivity contribution is 6.03. The normalized spacial score (nSPS) is 20.7. The van der Waals surface area contributed by atoms with E-state index < -0.39 is 24.6 Å². The third-order valence-electron chi connectivity index (χ3n) is 6.81. The van der Waals surface area contributed by atoms with E-state index in [1.165, 1.54) is 31.4 Å². The number of carbonyl (C=O) groups excluding carboxylic acids is 1. The van der Waals surface area contributed by atoms with Crippen molar-refractivity contribution in [2.45, 2.75) is 70.6 Å². The zero-order valence-electron chi connectivity index (χ0n) is 20.2. The molecule has 3 rings (SSSR count). The maximum Gasteiger partial charge on any atom is 0.173 e. The van der Waals surface area contributed by atoms with E-state index in [9.17, 15) is 20.3 Å². The molecule has 2 aromatic rings. The number of nitriles is 1. The molecular formula is C28H36N2O4. The van der Waals surface area contributed by atoms with Crippen molar-refractivity contribution in [3.63, 3.8) is 0 Å². The van der Waals surface area contributed by atoms with E-state index in [2.05, 4.69) is 36.9 Å². The fraction of sp³-hybridized carbons (Fsp3) is 0.500. The second kappa shape index (κ2) is 12.1. The Hall–Kier alpha value is -2.72. The van der Waals surface area contributed by atoms with E-state index in [1.54, 1.807) is 6.08 Å². The Kier molecular flexibility index (Phi) is 9.23. The van der Waals surface area contributed by atoms with Crippen LogP contribution in [0, 0.1) is 17.2 Å². The van der Waals surface area contributed by atoms with Gasteiger partial charge in [-0.15, -0.1) is 0 Å². The Morgan fingerprint density at radius 2 is 1.94 bits per heavy atom. The number of rotatable bonds is 10. The van der Waals surface area contributed by atoms with Gasteiger partial charge in [0.25, 0.3) is 0 Å². The summed E-state index contributed by atoms with van der Waals surface area (Å²) in [5.41, 5.74) is 2.01. The number of hydrogen-bond donors (Lipinski definition) is 3. The van der Waals surface area contributed by atoms with Crippen molar-refractivity contribution < 1.29 is 20.1 Å². The Morgan fingerprint density at radius 1 is 1.21 bits per heavy atom. The Morgan fingerprint density at radius 3 is 2.65 bits per heavy atom. The number of aliphatic hydroxyl groups is 3. The molecule has 0 saturated carbocycles. The lowest BCUT2D eigenvalue weighted by molar-refractivity contribution is -0.116. The minimum Gasteiger partial charge on any atom is -0.394 e. The van der Waals surface area contributed by atoms with Crippen molar-refractivity contribution in [1.82, 2.24) is 0 Å². The molecular weight excluding hydrogens is 428 g/mol. The average Bonchev–Trinajstić information content (AvgIpc) is 2.85. The van der Waals surface area contributed by atoms with Gasteiger partial charge in [0.1, 0.15) is 12.2 Å². The van der Waals surface area contributed by atoms with E-state index in [0.717, 1.165) is 28.8 Å². The van der Waals surface area contributed by atoms with Crippen LogP contribution in [-0.2, 0) is 4.79 Å². The van der Waals surface area contributed by atoms with Gasteiger partial charge in [-0.25, -0.2) is 0 Å². The summed E-state index contributed by atoms with van der Waals surface area (Å²) in [6, 6.07) is 14.9. The van der Waals surface area contributed by atoms with E-state index >= 15 is 0 Å². The minimum absolute atomic E-state index is 0.00602. The van der Waals surface area contributed by atoms with Crippen LogP contribution in [0.3, 0.4) is 0 Å². The summed E-state index contributed by atoms with van der Waals surface area (Å²) in [5, 5.41) is 39.7. The molecule has 0 amide bonds. The standard InChI is InChI=1S/C28H36N2O4/c1-3-4-24-13-19(2)11-12-30(24)25-8-7-21-14-20(5-6-22(21)16-25)15-23(17-29)26(32)9-10-27(33)28(34)18-31/h5-8,14-16,19,24,27-28,31,33-34H,3-4,9-13,18H2,1-2H3/b23-15+. The third-order valence-corrected chi connectivity index (χ3v) is 6.81. The van der Waals surface area contributed by atoms with Gasteiger partial charge in [-0.1, -0.05) is 38.5 Å². The molecule has 1 aliphatic heterocycles. The summed E-state index contributed by atoms with van der Waals surface area (Å²) in [5.74, 6) is 0.367. The molecule has 3 N–H and O–H groups in total. The molecule has 0 aromatic heterocycles. The zero-order valence-corrected chi connectivity index (χ0v) is 20.2. The maximum absolute atomic E-state index is 12.4. The van der Waals surface area contributed by atoms with Gasteiger partial charge in [-0.3, -0.25) is 4.79 Å². The van der Waals surface area contributed by atoms with Crippen LogP contribution in [0.5, 0.6) is 0 Å². The first-order chi connectivity index (χ1) is 16.4. The molecule has 4 unspecified atom stereocenters. The van der Waals surface area contributed by atoms with Crippen LogP contribution in [0.4, 0.5) is 5.69 Å². The molecule has 6 heteroatoms. The number of anilines is 1. The Bertz CT molecular complexity index is 1060. The average molecular weight is 465 g/mol. The minimum atomic E-state index is -1.29. The van der Waals surface area contributed by atoms with E-state index in [1.807, 2.05) is 24.3 Å². The molecule has 1 heterocycles. The van der Waals surface area contributed by atoms with Crippen LogP contribution in [0.15, 0.2) is 42.0 Å². The topological polar surface area (TPSA) is 105 Å². The highest BCUT2D eigenvalue weighted by atomic mass is 16.4. The smallest absolute Gasteiger partial charge is 0.173 e. The molecule has 6 nitrogen and oxygen atoms in total.